The molecule has 2 N–H and O–H groups in total. The minimum Gasteiger partial charge on any atom is -0.330 e. The van der Waals surface area contributed by atoms with Gasteiger partial charge in [-0.3, -0.25) is 0 Å². The van der Waals surface area contributed by atoms with Gasteiger partial charge in [-0.1, -0.05) is 19.1 Å². The summed E-state index contributed by atoms with van der Waals surface area (Å²) in [5.41, 5.74) is 7.97. The standard InChI is InChI=1S/C16H25N3/c1-12(2)19-15-7-5-4-6-14(15)18-16(19)9-8-13(3)10-11-17/h4-7,12-13H,8-11,17H2,1-3H3. The van der Waals surface area contributed by atoms with E-state index in [2.05, 4.69) is 49.6 Å². The molecule has 0 radical (unpaired) electrons. The summed E-state index contributed by atoms with van der Waals surface area (Å²) >= 11 is 0. The van der Waals surface area contributed by atoms with Crippen LogP contribution in [0.1, 0.15) is 45.5 Å². The Labute approximate surface area is 115 Å². The molecule has 1 heterocycles. The van der Waals surface area contributed by atoms with E-state index < -0.39 is 0 Å². The number of para-hydroxylation sites is 2. The fraction of sp³-hybridized carbons (Fsp3) is 0.562. The van der Waals surface area contributed by atoms with E-state index in [0.29, 0.717) is 12.0 Å². The second-order valence-electron chi connectivity index (χ2n) is 5.70. The summed E-state index contributed by atoms with van der Waals surface area (Å²) < 4.78 is 2.37. The highest BCUT2D eigenvalue weighted by Crippen LogP contribution is 2.22. The first-order valence-corrected chi connectivity index (χ1v) is 7.29. The molecule has 0 aliphatic rings. The quantitative estimate of drug-likeness (QED) is 0.862. The lowest BCUT2D eigenvalue weighted by molar-refractivity contribution is 0.479. The molecule has 0 amide bonds. The van der Waals surface area contributed by atoms with Gasteiger partial charge >= 0.3 is 0 Å². The normalized spacial score (nSPS) is 13.3. The van der Waals surface area contributed by atoms with Crippen LogP contribution >= 0.6 is 0 Å². The van der Waals surface area contributed by atoms with E-state index in [1.165, 1.54) is 11.3 Å². The third kappa shape index (κ3) is 3.16. The number of fused-ring (bicyclic) bond motifs is 1. The molecule has 1 unspecified atom stereocenters. The van der Waals surface area contributed by atoms with Crippen LogP contribution in [0.15, 0.2) is 24.3 Å². The molecule has 2 rings (SSSR count). The largest absolute Gasteiger partial charge is 0.330 e. The molecule has 104 valence electrons. The van der Waals surface area contributed by atoms with E-state index in [0.717, 1.165) is 31.3 Å². The summed E-state index contributed by atoms with van der Waals surface area (Å²) in [4.78, 5) is 4.80. The summed E-state index contributed by atoms with van der Waals surface area (Å²) in [6.07, 6.45) is 3.29. The number of hydrogen-bond donors (Lipinski definition) is 1. The first kappa shape index (κ1) is 14.1. The van der Waals surface area contributed by atoms with E-state index in [1.54, 1.807) is 0 Å². The molecule has 3 nitrogen and oxygen atoms in total. The van der Waals surface area contributed by atoms with Crippen molar-refractivity contribution in [3.63, 3.8) is 0 Å². The van der Waals surface area contributed by atoms with Gasteiger partial charge in [0, 0.05) is 12.5 Å². The minimum absolute atomic E-state index is 0.451. The van der Waals surface area contributed by atoms with Gasteiger partial charge in [-0.2, -0.15) is 0 Å². The highest BCUT2D eigenvalue weighted by molar-refractivity contribution is 5.76. The Kier molecular flexibility index (Phi) is 4.59. The first-order chi connectivity index (χ1) is 9.13. The lowest BCUT2D eigenvalue weighted by Crippen LogP contribution is -2.10. The molecule has 3 heteroatoms. The molecule has 19 heavy (non-hydrogen) atoms. The van der Waals surface area contributed by atoms with E-state index >= 15 is 0 Å². The Morgan fingerprint density at radius 3 is 2.58 bits per heavy atom. The molecule has 0 spiro atoms. The van der Waals surface area contributed by atoms with Crippen LogP contribution in [0.5, 0.6) is 0 Å². The molecule has 1 atom stereocenters. The average Bonchev–Trinajstić information content (AvgIpc) is 2.75. The molecule has 1 aromatic heterocycles. The molecular formula is C16H25N3. The van der Waals surface area contributed by atoms with Crippen LogP contribution in [0.25, 0.3) is 11.0 Å². The number of aromatic nitrogens is 2. The monoisotopic (exact) mass is 259 g/mol. The van der Waals surface area contributed by atoms with E-state index in [9.17, 15) is 0 Å². The van der Waals surface area contributed by atoms with E-state index in [1.807, 2.05) is 0 Å². The number of benzene rings is 1. The number of nitrogens with two attached hydrogens (primary N) is 1. The average molecular weight is 259 g/mol. The fourth-order valence-corrected chi connectivity index (χ4v) is 2.65. The maximum atomic E-state index is 5.62. The van der Waals surface area contributed by atoms with Crippen LogP contribution in [0.3, 0.4) is 0 Å². The molecule has 0 fully saturated rings. The van der Waals surface area contributed by atoms with Crippen molar-refractivity contribution in [2.24, 2.45) is 11.7 Å². The van der Waals surface area contributed by atoms with Gasteiger partial charge in [0.15, 0.2) is 0 Å². The fourth-order valence-electron chi connectivity index (χ4n) is 2.65. The molecule has 0 saturated carbocycles. The highest BCUT2D eigenvalue weighted by atomic mass is 15.1. The lowest BCUT2D eigenvalue weighted by atomic mass is 10.0. The second-order valence-corrected chi connectivity index (χ2v) is 5.70. The smallest absolute Gasteiger partial charge is 0.110 e. The lowest BCUT2D eigenvalue weighted by Gasteiger charge is -2.14. The van der Waals surface area contributed by atoms with Crippen molar-refractivity contribution in [2.75, 3.05) is 6.54 Å². The molecule has 0 bridgehead atoms. The summed E-state index contributed by atoms with van der Waals surface area (Å²) in [6.45, 7) is 7.50. The molecule has 1 aromatic carbocycles. The molecule has 0 aliphatic heterocycles. The van der Waals surface area contributed by atoms with Crippen molar-refractivity contribution in [1.29, 1.82) is 0 Å². The number of aryl methyl sites for hydroxylation is 1. The summed E-state index contributed by atoms with van der Waals surface area (Å²) in [5.74, 6) is 1.88. The Balaban J connectivity index is 2.24. The Morgan fingerprint density at radius 2 is 1.89 bits per heavy atom. The predicted molar refractivity (Wildman–Crippen MR) is 81.3 cm³/mol. The van der Waals surface area contributed by atoms with Crippen LogP contribution in [0, 0.1) is 5.92 Å². The number of rotatable bonds is 6. The summed E-state index contributed by atoms with van der Waals surface area (Å²) in [6, 6.07) is 8.85. The van der Waals surface area contributed by atoms with Gasteiger partial charge in [0.2, 0.25) is 0 Å². The zero-order valence-corrected chi connectivity index (χ0v) is 12.3. The van der Waals surface area contributed by atoms with Crippen molar-refractivity contribution in [3.8, 4) is 0 Å². The van der Waals surface area contributed by atoms with Gasteiger partial charge < -0.3 is 10.3 Å². The zero-order valence-electron chi connectivity index (χ0n) is 12.3. The maximum Gasteiger partial charge on any atom is 0.110 e. The number of hydrogen-bond acceptors (Lipinski definition) is 2. The topological polar surface area (TPSA) is 43.8 Å². The van der Waals surface area contributed by atoms with Gasteiger partial charge in [-0.15, -0.1) is 0 Å². The first-order valence-electron chi connectivity index (χ1n) is 7.29. The van der Waals surface area contributed by atoms with Gasteiger partial charge in [0.05, 0.1) is 11.0 Å². The van der Waals surface area contributed by atoms with Gasteiger partial charge in [-0.05, 0) is 51.3 Å². The molecule has 0 aliphatic carbocycles. The Morgan fingerprint density at radius 1 is 1.16 bits per heavy atom. The number of imidazole rings is 1. The molecular weight excluding hydrogens is 234 g/mol. The maximum absolute atomic E-state index is 5.62. The van der Waals surface area contributed by atoms with E-state index in [4.69, 9.17) is 10.7 Å². The molecule has 0 saturated heterocycles. The SMILES string of the molecule is CC(CCN)CCc1nc2ccccc2n1C(C)C. The van der Waals surface area contributed by atoms with Crippen molar-refractivity contribution < 1.29 is 0 Å². The van der Waals surface area contributed by atoms with Crippen LogP contribution in [0.2, 0.25) is 0 Å². The summed E-state index contributed by atoms with van der Waals surface area (Å²) in [5, 5.41) is 0. The van der Waals surface area contributed by atoms with Crippen molar-refractivity contribution in [1.82, 2.24) is 9.55 Å². The van der Waals surface area contributed by atoms with Crippen molar-refractivity contribution >= 4 is 11.0 Å². The Bertz CT molecular complexity index is 528. The van der Waals surface area contributed by atoms with Crippen molar-refractivity contribution in [3.05, 3.63) is 30.1 Å². The second kappa shape index (κ2) is 6.20. The predicted octanol–water partition coefficient (Wildman–Crippen LogP) is 3.53. The number of nitrogens with zero attached hydrogens (tertiary/aromatic N) is 2. The van der Waals surface area contributed by atoms with Crippen LogP contribution < -0.4 is 5.73 Å². The third-order valence-corrected chi connectivity index (χ3v) is 3.71. The minimum atomic E-state index is 0.451. The molecule has 2 aromatic rings. The van der Waals surface area contributed by atoms with Crippen LogP contribution in [0.4, 0.5) is 0 Å². The van der Waals surface area contributed by atoms with E-state index in [-0.39, 0.29) is 0 Å². The summed E-state index contributed by atoms with van der Waals surface area (Å²) in [7, 11) is 0. The third-order valence-electron chi connectivity index (χ3n) is 3.71. The zero-order chi connectivity index (χ0) is 13.8. The van der Waals surface area contributed by atoms with Gasteiger partial charge in [-0.25, -0.2) is 4.98 Å². The van der Waals surface area contributed by atoms with Gasteiger partial charge in [0.25, 0.3) is 0 Å². The van der Waals surface area contributed by atoms with Crippen LogP contribution in [-0.4, -0.2) is 16.1 Å². The van der Waals surface area contributed by atoms with Crippen LogP contribution in [-0.2, 0) is 6.42 Å². The highest BCUT2D eigenvalue weighted by Gasteiger charge is 2.13. The van der Waals surface area contributed by atoms with Gasteiger partial charge in [0.1, 0.15) is 5.82 Å². The van der Waals surface area contributed by atoms with Crippen molar-refractivity contribution in [2.45, 2.75) is 46.1 Å². The Hall–Kier alpha value is -1.35.